The number of H-pyrrole nitrogens is 1. The van der Waals surface area contributed by atoms with Crippen molar-refractivity contribution in [2.75, 3.05) is 56.5 Å². The van der Waals surface area contributed by atoms with E-state index in [1.165, 1.54) is 11.4 Å². The molecule has 36 heavy (non-hydrogen) atoms. The monoisotopic (exact) mass is 566 g/mol. The minimum Gasteiger partial charge on any atom is -0.379 e. The number of pyridine rings is 1. The Morgan fingerprint density at radius 2 is 1.83 bits per heavy atom. The quantitative estimate of drug-likeness (QED) is 0.351. The van der Waals surface area contributed by atoms with Crippen LogP contribution in [-0.4, -0.2) is 82.1 Å². The lowest BCUT2D eigenvalue weighted by molar-refractivity contribution is 0.247. The van der Waals surface area contributed by atoms with E-state index < -0.39 is 0 Å². The fourth-order valence-electron chi connectivity index (χ4n) is 5.10. The molecule has 0 bridgehead atoms. The molecular formula is C26H31BrN8S. The van der Waals surface area contributed by atoms with E-state index in [4.69, 9.17) is 4.98 Å². The van der Waals surface area contributed by atoms with Gasteiger partial charge in [-0.1, -0.05) is 0 Å². The van der Waals surface area contributed by atoms with Gasteiger partial charge in [0.05, 0.1) is 21.4 Å². The maximum atomic E-state index is 4.97. The molecule has 2 aliphatic rings. The summed E-state index contributed by atoms with van der Waals surface area (Å²) in [5.74, 6) is 0.849. The number of aromatic nitrogens is 4. The molecule has 6 rings (SSSR count). The zero-order chi connectivity index (χ0) is 24.5. The van der Waals surface area contributed by atoms with E-state index >= 15 is 0 Å². The number of aromatic amines is 1. The summed E-state index contributed by atoms with van der Waals surface area (Å²) in [7, 11) is 2.19. The number of thiazole rings is 1. The van der Waals surface area contributed by atoms with Gasteiger partial charge in [-0.25, -0.2) is 15.0 Å². The van der Waals surface area contributed by atoms with E-state index in [1.54, 1.807) is 11.3 Å². The van der Waals surface area contributed by atoms with Crippen molar-refractivity contribution in [1.82, 2.24) is 29.7 Å². The molecule has 2 fully saturated rings. The summed E-state index contributed by atoms with van der Waals surface area (Å²) in [6.45, 7) is 7.33. The Morgan fingerprint density at radius 1 is 1.06 bits per heavy atom. The van der Waals surface area contributed by atoms with Crippen molar-refractivity contribution in [3.05, 3.63) is 51.5 Å². The van der Waals surface area contributed by atoms with Crippen LogP contribution in [0.2, 0.25) is 0 Å². The van der Waals surface area contributed by atoms with Crippen molar-refractivity contribution in [1.29, 1.82) is 0 Å². The Morgan fingerprint density at radius 3 is 2.56 bits per heavy atom. The highest BCUT2D eigenvalue weighted by molar-refractivity contribution is 9.10. The largest absolute Gasteiger partial charge is 0.379 e. The molecule has 5 heterocycles. The molecule has 0 spiro atoms. The van der Waals surface area contributed by atoms with Gasteiger partial charge in [0, 0.05) is 61.6 Å². The van der Waals surface area contributed by atoms with Crippen molar-refractivity contribution < 1.29 is 0 Å². The van der Waals surface area contributed by atoms with Crippen LogP contribution in [-0.2, 0) is 6.54 Å². The second-order valence-electron chi connectivity index (χ2n) is 9.78. The lowest BCUT2D eigenvalue weighted by Gasteiger charge is -2.35. The number of hydrogen-bond donors (Lipinski definition) is 2. The number of anilines is 2. The molecule has 2 saturated heterocycles. The highest BCUT2D eigenvalue weighted by Crippen LogP contribution is 2.33. The Kier molecular flexibility index (Phi) is 6.92. The van der Waals surface area contributed by atoms with E-state index in [0.717, 1.165) is 91.4 Å². The van der Waals surface area contributed by atoms with Crippen LogP contribution in [0, 0.1) is 0 Å². The smallest absolute Gasteiger partial charge is 0.159 e. The average molecular weight is 568 g/mol. The summed E-state index contributed by atoms with van der Waals surface area (Å²) < 4.78 is 0.955. The third-order valence-electron chi connectivity index (χ3n) is 7.28. The molecule has 4 aromatic rings. The number of fused-ring (bicyclic) bond motifs is 1. The summed E-state index contributed by atoms with van der Waals surface area (Å²) in [6.07, 6.45) is 4.12. The van der Waals surface area contributed by atoms with E-state index in [2.05, 4.69) is 87.6 Å². The van der Waals surface area contributed by atoms with E-state index in [-0.39, 0.29) is 0 Å². The molecule has 8 nitrogen and oxygen atoms in total. The van der Waals surface area contributed by atoms with Gasteiger partial charge in [0.1, 0.15) is 11.3 Å². The summed E-state index contributed by atoms with van der Waals surface area (Å²) in [5.41, 5.74) is 8.15. The van der Waals surface area contributed by atoms with Crippen molar-refractivity contribution in [2.45, 2.75) is 25.4 Å². The van der Waals surface area contributed by atoms with Gasteiger partial charge in [0.25, 0.3) is 0 Å². The zero-order valence-corrected chi connectivity index (χ0v) is 22.9. The van der Waals surface area contributed by atoms with Crippen molar-refractivity contribution in [3.63, 3.8) is 0 Å². The van der Waals surface area contributed by atoms with E-state index in [1.807, 2.05) is 11.7 Å². The predicted molar refractivity (Wildman–Crippen MR) is 151 cm³/mol. The molecule has 1 aromatic carbocycles. The van der Waals surface area contributed by atoms with Gasteiger partial charge in [0.15, 0.2) is 5.65 Å². The third kappa shape index (κ3) is 5.13. The van der Waals surface area contributed by atoms with Crippen LogP contribution in [0.1, 0.15) is 18.5 Å². The van der Waals surface area contributed by atoms with Crippen molar-refractivity contribution in [3.8, 4) is 11.4 Å². The molecule has 0 unspecified atom stereocenters. The highest BCUT2D eigenvalue weighted by atomic mass is 79.9. The summed E-state index contributed by atoms with van der Waals surface area (Å²) >= 11 is 5.36. The molecule has 0 amide bonds. The molecular weight excluding hydrogens is 536 g/mol. The van der Waals surface area contributed by atoms with Crippen LogP contribution in [0.25, 0.3) is 22.6 Å². The number of rotatable bonds is 6. The van der Waals surface area contributed by atoms with E-state index in [0.29, 0.717) is 6.04 Å². The summed E-state index contributed by atoms with van der Waals surface area (Å²) in [5, 5.41) is 5.88. The maximum Gasteiger partial charge on any atom is 0.159 e. The fourth-order valence-corrected chi connectivity index (χ4v) is 6.05. The molecule has 2 aliphatic heterocycles. The van der Waals surface area contributed by atoms with Gasteiger partial charge in [0.2, 0.25) is 0 Å². The molecule has 3 aromatic heterocycles. The molecule has 0 aliphatic carbocycles. The fraction of sp³-hybridized carbons (Fsp3) is 0.423. The second-order valence-corrected chi connectivity index (χ2v) is 11.3. The molecule has 188 valence electrons. The van der Waals surface area contributed by atoms with Crippen LogP contribution in [0.3, 0.4) is 0 Å². The number of imidazole rings is 1. The van der Waals surface area contributed by atoms with Gasteiger partial charge in [-0.05, 0) is 73.2 Å². The first kappa shape index (κ1) is 23.8. The van der Waals surface area contributed by atoms with E-state index in [9.17, 15) is 0 Å². The molecule has 0 atom stereocenters. The number of likely N-dealkylation sites (tertiary alicyclic amines) is 1. The van der Waals surface area contributed by atoms with Gasteiger partial charge in [-0.2, -0.15) is 0 Å². The first-order chi connectivity index (χ1) is 17.6. The van der Waals surface area contributed by atoms with Gasteiger partial charge in [-0.15, -0.1) is 11.3 Å². The zero-order valence-electron chi connectivity index (χ0n) is 20.5. The van der Waals surface area contributed by atoms with Crippen molar-refractivity contribution in [2.24, 2.45) is 0 Å². The Balaban J connectivity index is 1.14. The van der Waals surface area contributed by atoms with Crippen LogP contribution < -0.4 is 10.2 Å². The number of nitrogens with one attached hydrogen (secondary N) is 2. The second kappa shape index (κ2) is 10.5. The molecule has 10 heteroatoms. The van der Waals surface area contributed by atoms with Crippen LogP contribution in [0.4, 0.5) is 11.4 Å². The van der Waals surface area contributed by atoms with Gasteiger partial charge >= 0.3 is 0 Å². The molecule has 0 saturated carbocycles. The lowest BCUT2D eigenvalue weighted by atomic mass is 10.1. The van der Waals surface area contributed by atoms with Crippen LogP contribution in [0.5, 0.6) is 0 Å². The average Bonchev–Trinajstić information content (AvgIpc) is 3.58. The topological polar surface area (TPSA) is 76.2 Å². The van der Waals surface area contributed by atoms with Crippen molar-refractivity contribution >= 4 is 49.8 Å². The Labute approximate surface area is 223 Å². The Bertz CT molecular complexity index is 1290. The van der Waals surface area contributed by atoms with Crippen LogP contribution in [0.15, 0.2) is 45.8 Å². The van der Waals surface area contributed by atoms with Gasteiger partial charge < -0.3 is 20.1 Å². The number of hydrogen-bond acceptors (Lipinski definition) is 8. The lowest BCUT2D eigenvalue weighted by Crippen LogP contribution is -2.46. The molecule has 2 N–H and O–H groups in total. The standard InChI is InChI=1S/C26H31BrN8S/c1-33-8-6-19(7-9-33)30-23-22(27)14-28-26-24(23)31-25(32-26)18-2-4-21(5-3-18)35-12-10-34(11-13-35)15-20-16-36-17-29-20/h2-5,14,16-17,19H,6-13,15H2,1H3,(H2,28,30,31,32). The first-order valence-corrected chi connectivity index (χ1v) is 14.3. The number of benzene rings is 1. The molecule has 0 radical (unpaired) electrons. The minimum atomic E-state index is 0.449. The predicted octanol–water partition coefficient (Wildman–Crippen LogP) is 4.67. The maximum absolute atomic E-state index is 4.97. The number of piperazine rings is 1. The highest BCUT2D eigenvalue weighted by Gasteiger charge is 2.21. The normalized spacial score (nSPS) is 18.2. The Hall–Kier alpha value is -2.53. The number of piperidine rings is 1. The number of halogens is 1. The summed E-state index contributed by atoms with van der Waals surface area (Å²) in [4.78, 5) is 24.7. The van der Waals surface area contributed by atoms with Crippen LogP contribution >= 0.6 is 27.3 Å². The SMILES string of the molecule is CN1CCC(Nc2c(Br)cnc3[nH]c(-c4ccc(N5CCN(Cc6cscn6)CC5)cc4)nc23)CC1. The van der Waals surface area contributed by atoms with Gasteiger partial charge in [-0.3, -0.25) is 4.90 Å². The third-order valence-corrected chi connectivity index (χ3v) is 8.52. The number of nitrogens with zero attached hydrogens (tertiary/aromatic N) is 6. The minimum absolute atomic E-state index is 0.449. The summed E-state index contributed by atoms with van der Waals surface area (Å²) in [6, 6.07) is 9.19. The first-order valence-electron chi connectivity index (χ1n) is 12.6.